The van der Waals surface area contributed by atoms with Gasteiger partial charge < -0.3 is 15.8 Å². The third kappa shape index (κ3) is 3.86. The van der Waals surface area contributed by atoms with E-state index < -0.39 is 10.0 Å². The van der Waals surface area contributed by atoms with Gasteiger partial charge in [0, 0.05) is 31.6 Å². The number of nitrogens with two attached hydrogens (primary N) is 2. The van der Waals surface area contributed by atoms with Crippen molar-refractivity contribution >= 4 is 21.4 Å². The molecule has 6 nitrogen and oxygen atoms in total. The summed E-state index contributed by atoms with van der Waals surface area (Å²) in [5.74, 6) is 0. The monoisotopic (exact) mass is 273 g/mol. The number of methoxy groups -OCH3 is 1. The topological polar surface area (TPSA) is 107 Å². The summed E-state index contributed by atoms with van der Waals surface area (Å²) in [6.45, 7) is 3.00. The van der Waals surface area contributed by atoms with Gasteiger partial charge in [0.05, 0.1) is 4.90 Å². The number of primary sulfonamides is 1. The lowest BCUT2D eigenvalue weighted by atomic mass is 10.1. The van der Waals surface area contributed by atoms with E-state index in [1.165, 1.54) is 6.07 Å². The number of rotatable bonds is 6. The van der Waals surface area contributed by atoms with Gasteiger partial charge in [0.15, 0.2) is 0 Å². The molecule has 5 N–H and O–H groups in total. The maximum atomic E-state index is 11.4. The van der Waals surface area contributed by atoms with Gasteiger partial charge in [-0.1, -0.05) is 0 Å². The zero-order chi connectivity index (χ0) is 13.8. The van der Waals surface area contributed by atoms with Crippen LogP contribution in [0.5, 0.6) is 0 Å². The molecule has 18 heavy (non-hydrogen) atoms. The van der Waals surface area contributed by atoms with Gasteiger partial charge in [-0.25, -0.2) is 13.6 Å². The molecule has 1 aromatic carbocycles. The Kier molecular flexibility index (Phi) is 4.94. The Morgan fingerprint density at radius 1 is 1.39 bits per heavy atom. The van der Waals surface area contributed by atoms with Crippen molar-refractivity contribution < 1.29 is 13.2 Å². The van der Waals surface area contributed by atoms with Crippen LogP contribution in [0.2, 0.25) is 0 Å². The van der Waals surface area contributed by atoms with Crippen molar-refractivity contribution in [1.29, 1.82) is 0 Å². The van der Waals surface area contributed by atoms with Gasteiger partial charge in [-0.2, -0.15) is 0 Å². The van der Waals surface area contributed by atoms with E-state index in [2.05, 4.69) is 5.32 Å². The number of sulfonamides is 1. The standard InChI is InChI=1S/C11H19N3O3S/c1-8-10(14-4-3-5-17-2)6-9(12)7-11(8)18(13,15)16/h6-7,14H,3-5,12H2,1-2H3,(H2,13,15,16). The van der Waals surface area contributed by atoms with Crippen LogP contribution in [0, 0.1) is 6.92 Å². The minimum absolute atomic E-state index is 0.0525. The second-order valence-electron chi connectivity index (χ2n) is 4.01. The number of nitrogen functional groups attached to an aromatic ring is 1. The van der Waals surface area contributed by atoms with Gasteiger partial charge in [-0.3, -0.25) is 0 Å². The normalized spacial score (nSPS) is 11.5. The van der Waals surface area contributed by atoms with E-state index in [1.54, 1.807) is 20.1 Å². The summed E-state index contributed by atoms with van der Waals surface area (Å²) in [5, 5.41) is 8.26. The molecular formula is C11H19N3O3S. The first kappa shape index (κ1) is 14.7. The molecule has 0 aromatic heterocycles. The van der Waals surface area contributed by atoms with E-state index in [0.29, 0.717) is 30.1 Å². The second-order valence-corrected chi connectivity index (χ2v) is 5.54. The van der Waals surface area contributed by atoms with Gasteiger partial charge in [0.25, 0.3) is 0 Å². The Hall–Kier alpha value is -1.31. The highest BCUT2D eigenvalue weighted by atomic mass is 32.2. The van der Waals surface area contributed by atoms with Crippen molar-refractivity contribution in [2.75, 3.05) is 31.3 Å². The van der Waals surface area contributed by atoms with E-state index in [1.807, 2.05) is 0 Å². The third-order valence-electron chi connectivity index (χ3n) is 2.53. The fourth-order valence-electron chi connectivity index (χ4n) is 1.63. The first-order chi connectivity index (χ1) is 8.36. The average Bonchev–Trinajstić information content (AvgIpc) is 2.27. The summed E-state index contributed by atoms with van der Waals surface area (Å²) in [7, 11) is -2.13. The summed E-state index contributed by atoms with van der Waals surface area (Å²) in [5.41, 5.74) is 7.28. The van der Waals surface area contributed by atoms with Crippen LogP contribution in [-0.2, 0) is 14.8 Å². The predicted molar refractivity (Wildman–Crippen MR) is 71.9 cm³/mol. The first-order valence-electron chi connectivity index (χ1n) is 5.52. The molecule has 0 aliphatic carbocycles. The van der Waals surface area contributed by atoms with Crippen molar-refractivity contribution in [3.63, 3.8) is 0 Å². The van der Waals surface area contributed by atoms with Gasteiger partial charge in [-0.05, 0) is 31.0 Å². The molecule has 0 atom stereocenters. The molecule has 102 valence electrons. The van der Waals surface area contributed by atoms with E-state index in [-0.39, 0.29) is 4.90 Å². The third-order valence-corrected chi connectivity index (χ3v) is 3.57. The van der Waals surface area contributed by atoms with Gasteiger partial charge in [0.1, 0.15) is 0 Å². The molecule has 0 bridgehead atoms. The Morgan fingerprint density at radius 3 is 2.61 bits per heavy atom. The Morgan fingerprint density at radius 2 is 2.06 bits per heavy atom. The van der Waals surface area contributed by atoms with Crippen LogP contribution in [0.15, 0.2) is 17.0 Å². The van der Waals surface area contributed by atoms with Crippen LogP contribution in [0.25, 0.3) is 0 Å². The van der Waals surface area contributed by atoms with Crippen LogP contribution in [0.1, 0.15) is 12.0 Å². The SMILES string of the molecule is COCCCNc1cc(N)cc(S(N)(=O)=O)c1C. The quantitative estimate of drug-likeness (QED) is 0.521. The molecule has 7 heteroatoms. The number of hydrogen-bond donors (Lipinski definition) is 3. The number of ether oxygens (including phenoxy) is 1. The fourth-order valence-corrected chi connectivity index (χ4v) is 2.46. The van der Waals surface area contributed by atoms with E-state index in [0.717, 1.165) is 6.42 Å². The van der Waals surface area contributed by atoms with Crippen LogP contribution in [-0.4, -0.2) is 28.7 Å². The highest BCUT2D eigenvalue weighted by Gasteiger charge is 2.15. The molecule has 0 saturated heterocycles. The maximum absolute atomic E-state index is 11.4. The van der Waals surface area contributed by atoms with Crippen LogP contribution in [0.3, 0.4) is 0 Å². The lowest BCUT2D eigenvalue weighted by Gasteiger charge is -2.13. The lowest BCUT2D eigenvalue weighted by molar-refractivity contribution is 0.198. The van der Waals surface area contributed by atoms with Gasteiger partial charge >= 0.3 is 0 Å². The molecule has 0 fully saturated rings. The van der Waals surface area contributed by atoms with Crippen molar-refractivity contribution in [1.82, 2.24) is 0 Å². The van der Waals surface area contributed by atoms with E-state index >= 15 is 0 Å². The molecule has 0 aliphatic rings. The number of benzene rings is 1. The molecule has 0 unspecified atom stereocenters. The molecule has 1 aromatic rings. The maximum Gasteiger partial charge on any atom is 0.238 e. The summed E-state index contributed by atoms with van der Waals surface area (Å²) in [6, 6.07) is 3.06. The van der Waals surface area contributed by atoms with Crippen LogP contribution < -0.4 is 16.2 Å². The molecule has 0 heterocycles. The average molecular weight is 273 g/mol. The van der Waals surface area contributed by atoms with Crippen LogP contribution in [0.4, 0.5) is 11.4 Å². The number of anilines is 2. The van der Waals surface area contributed by atoms with Gasteiger partial charge in [0.2, 0.25) is 10.0 Å². The molecule has 0 aliphatic heterocycles. The number of hydrogen-bond acceptors (Lipinski definition) is 5. The van der Waals surface area contributed by atoms with Crippen molar-refractivity contribution in [3.8, 4) is 0 Å². The van der Waals surface area contributed by atoms with Crippen molar-refractivity contribution in [2.45, 2.75) is 18.2 Å². The van der Waals surface area contributed by atoms with E-state index in [4.69, 9.17) is 15.6 Å². The van der Waals surface area contributed by atoms with Crippen molar-refractivity contribution in [2.24, 2.45) is 5.14 Å². The zero-order valence-corrected chi connectivity index (χ0v) is 11.4. The zero-order valence-electron chi connectivity index (χ0n) is 10.6. The first-order valence-corrected chi connectivity index (χ1v) is 7.06. The summed E-state index contributed by atoms with van der Waals surface area (Å²) in [4.78, 5) is 0.0525. The summed E-state index contributed by atoms with van der Waals surface area (Å²) >= 11 is 0. The minimum atomic E-state index is -3.76. The molecule has 0 amide bonds. The van der Waals surface area contributed by atoms with Crippen molar-refractivity contribution in [3.05, 3.63) is 17.7 Å². The Bertz CT molecular complexity index is 515. The Labute approximate surface area is 107 Å². The molecule has 0 radical (unpaired) electrons. The molecular weight excluding hydrogens is 254 g/mol. The summed E-state index contributed by atoms with van der Waals surface area (Å²) in [6.07, 6.45) is 0.815. The van der Waals surface area contributed by atoms with Crippen LogP contribution >= 0.6 is 0 Å². The molecule has 1 rings (SSSR count). The largest absolute Gasteiger partial charge is 0.399 e. The van der Waals surface area contributed by atoms with Gasteiger partial charge in [-0.15, -0.1) is 0 Å². The lowest BCUT2D eigenvalue weighted by Crippen LogP contribution is -2.16. The molecule has 0 spiro atoms. The minimum Gasteiger partial charge on any atom is -0.399 e. The fraction of sp³-hybridized carbons (Fsp3) is 0.455. The van der Waals surface area contributed by atoms with E-state index in [9.17, 15) is 8.42 Å². The summed E-state index contributed by atoms with van der Waals surface area (Å²) < 4.78 is 27.7. The predicted octanol–water partition coefficient (Wildman–Crippen LogP) is 0.673. The second kappa shape index (κ2) is 6.03. The Balaban J connectivity index is 2.96. The molecule has 0 saturated carbocycles. The number of nitrogens with one attached hydrogen (secondary N) is 1. The highest BCUT2D eigenvalue weighted by molar-refractivity contribution is 7.89. The smallest absolute Gasteiger partial charge is 0.238 e. The highest BCUT2D eigenvalue weighted by Crippen LogP contribution is 2.25.